The lowest BCUT2D eigenvalue weighted by molar-refractivity contribution is -0.134. The molecule has 2 aliphatic heterocycles. The summed E-state index contributed by atoms with van der Waals surface area (Å²) in [6, 6.07) is 7.52. The van der Waals surface area contributed by atoms with Crippen LogP contribution in [0.1, 0.15) is 40.5 Å². The number of para-hydroxylation sites is 2. The third-order valence-corrected chi connectivity index (χ3v) is 5.05. The van der Waals surface area contributed by atoms with E-state index < -0.39 is 5.60 Å². The molecule has 3 rings (SSSR count). The van der Waals surface area contributed by atoms with E-state index in [1.807, 2.05) is 29.2 Å². The molecule has 0 radical (unpaired) electrons. The van der Waals surface area contributed by atoms with E-state index in [0.29, 0.717) is 30.6 Å². The molecule has 5 nitrogen and oxygen atoms in total. The maximum atomic E-state index is 12.8. The second-order valence-electron chi connectivity index (χ2n) is 8.03. The van der Waals surface area contributed by atoms with Gasteiger partial charge in [-0.3, -0.25) is 9.59 Å². The molecule has 0 spiro atoms. The van der Waals surface area contributed by atoms with Crippen molar-refractivity contribution in [3.05, 3.63) is 24.3 Å². The molecule has 1 saturated heterocycles. The predicted molar refractivity (Wildman–Crippen MR) is 97.6 cm³/mol. The molecule has 1 aromatic rings. The Bertz CT molecular complexity index is 661. The second kappa shape index (κ2) is 6.70. The minimum absolute atomic E-state index is 0.0978. The summed E-state index contributed by atoms with van der Waals surface area (Å²) in [6.07, 6.45) is 1.52. The van der Waals surface area contributed by atoms with Gasteiger partial charge in [0, 0.05) is 26.1 Å². The molecule has 0 N–H and O–H groups in total. The minimum atomic E-state index is -0.911. The van der Waals surface area contributed by atoms with Gasteiger partial charge in [0.05, 0.1) is 5.69 Å². The molecular weight excluding hydrogens is 316 g/mol. The van der Waals surface area contributed by atoms with Crippen LogP contribution in [0.4, 0.5) is 5.69 Å². The lowest BCUT2D eigenvalue weighted by Crippen LogP contribution is -2.53. The third kappa shape index (κ3) is 3.65. The highest BCUT2D eigenvalue weighted by Gasteiger charge is 2.40. The van der Waals surface area contributed by atoms with E-state index in [4.69, 9.17) is 4.74 Å². The molecule has 1 fully saturated rings. The number of benzene rings is 1. The minimum Gasteiger partial charge on any atom is -0.476 e. The highest BCUT2D eigenvalue weighted by atomic mass is 16.5. The number of anilines is 1. The topological polar surface area (TPSA) is 49.9 Å². The maximum Gasteiger partial charge on any atom is 0.270 e. The molecule has 25 heavy (non-hydrogen) atoms. The highest BCUT2D eigenvalue weighted by molar-refractivity contribution is 6.02. The van der Waals surface area contributed by atoms with Crippen LogP contribution in [-0.4, -0.2) is 41.9 Å². The zero-order valence-corrected chi connectivity index (χ0v) is 15.6. The van der Waals surface area contributed by atoms with E-state index >= 15 is 0 Å². The van der Waals surface area contributed by atoms with Crippen molar-refractivity contribution in [2.75, 3.05) is 24.5 Å². The number of likely N-dealkylation sites (tertiary alicyclic amines) is 1. The lowest BCUT2D eigenvalue weighted by atomic mass is 9.92. The van der Waals surface area contributed by atoms with Gasteiger partial charge in [0.25, 0.3) is 5.91 Å². The van der Waals surface area contributed by atoms with Crippen LogP contribution >= 0.6 is 0 Å². The fourth-order valence-electron chi connectivity index (χ4n) is 3.97. The van der Waals surface area contributed by atoms with Crippen molar-refractivity contribution in [3.8, 4) is 5.75 Å². The molecule has 1 aromatic carbocycles. The Balaban J connectivity index is 1.71. The summed E-state index contributed by atoms with van der Waals surface area (Å²) >= 11 is 0. The number of ether oxygens (including phenoxy) is 1. The Kier molecular flexibility index (Phi) is 4.76. The summed E-state index contributed by atoms with van der Waals surface area (Å²) in [5.41, 5.74) is -0.161. The first-order valence-corrected chi connectivity index (χ1v) is 9.15. The van der Waals surface area contributed by atoms with Gasteiger partial charge in [-0.15, -0.1) is 0 Å². The van der Waals surface area contributed by atoms with E-state index in [0.717, 1.165) is 18.8 Å². The van der Waals surface area contributed by atoms with Crippen LogP contribution in [0.25, 0.3) is 0 Å². The van der Waals surface area contributed by atoms with Crippen molar-refractivity contribution in [1.82, 2.24) is 4.90 Å². The molecule has 0 bridgehead atoms. The molecule has 0 saturated carbocycles. The van der Waals surface area contributed by atoms with Crippen LogP contribution in [0.15, 0.2) is 24.3 Å². The Morgan fingerprint density at radius 1 is 1.20 bits per heavy atom. The van der Waals surface area contributed by atoms with Gasteiger partial charge in [0.2, 0.25) is 5.91 Å². The number of piperidine rings is 1. The summed E-state index contributed by atoms with van der Waals surface area (Å²) in [7, 11) is 0. The number of rotatable bonds is 3. The van der Waals surface area contributed by atoms with Gasteiger partial charge in [-0.1, -0.05) is 26.0 Å². The number of amides is 2. The molecular formula is C20H28N2O3. The van der Waals surface area contributed by atoms with Crippen molar-refractivity contribution in [2.45, 2.75) is 46.1 Å². The first-order chi connectivity index (χ1) is 11.8. The summed E-state index contributed by atoms with van der Waals surface area (Å²) in [6.45, 7) is 9.97. The van der Waals surface area contributed by atoms with E-state index in [2.05, 4.69) is 13.8 Å². The van der Waals surface area contributed by atoms with Crippen LogP contribution in [0.5, 0.6) is 5.75 Å². The monoisotopic (exact) mass is 344 g/mol. The summed E-state index contributed by atoms with van der Waals surface area (Å²) < 4.78 is 5.83. The van der Waals surface area contributed by atoms with Gasteiger partial charge in [0.1, 0.15) is 5.75 Å². The molecule has 0 aliphatic carbocycles. The number of hydrogen-bond acceptors (Lipinski definition) is 3. The first kappa shape index (κ1) is 17.8. The van der Waals surface area contributed by atoms with E-state index in [1.54, 1.807) is 18.7 Å². The van der Waals surface area contributed by atoms with E-state index in [9.17, 15) is 9.59 Å². The van der Waals surface area contributed by atoms with Gasteiger partial charge in [0.15, 0.2) is 5.60 Å². The van der Waals surface area contributed by atoms with Gasteiger partial charge >= 0.3 is 0 Å². The molecule has 2 amide bonds. The molecule has 2 heterocycles. The second-order valence-corrected chi connectivity index (χ2v) is 8.03. The molecule has 136 valence electrons. The van der Waals surface area contributed by atoms with Crippen LogP contribution in [0, 0.1) is 11.8 Å². The van der Waals surface area contributed by atoms with Gasteiger partial charge in [-0.2, -0.15) is 0 Å². The van der Waals surface area contributed by atoms with Gasteiger partial charge < -0.3 is 14.5 Å². The SMILES string of the molecule is CC1CC(C)CN(C(=O)CCN2C(=O)C(C)(C)Oc3ccccc32)C1. The zero-order valence-electron chi connectivity index (χ0n) is 15.6. The van der Waals surface area contributed by atoms with Crippen molar-refractivity contribution in [2.24, 2.45) is 11.8 Å². The van der Waals surface area contributed by atoms with Gasteiger partial charge in [-0.05, 0) is 44.2 Å². The lowest BCUT2D eigenvalue weighted by Gasteiger charge is -2.39. The Hall–Kier alpha value is -2.04. The van der Waals surface area contributed by atoms with Crippen LogP contribution in [-0.2, 0) is 9.59 Å². The summed E-state index contributed by atoms with van der Waals surface area (Å²) in [4.78, 5) is 29.1. The van der Waals surface area contributed by atoms with Crippen LogP contribution < -0.4 is 9.64 Å². The first-order valence-electron chi connectivity index (χ1n) is 9.15. The van der Waals surface area contributed by atoms with Crippen LogP contribution in [0.2, 0.25) is 0 Å². The van der Waals surface area contributed by atoms with Crippen LogP contribution in [0.3, 0.4) is 0 Å². The number of carbonyl (C=O) groups is 2. The fraction of sp³-hybridized carbons (Fsp3) is 0.600. The van der Waals surface area contributed by atoms with E-state index in [1.165, 1.54) is 6.42 Å². The zero-order chi connectivity index (χ0) is 18.2. The average Bonchev–Trinajstić information content (AvgIpc) is 2.54. The smallest absolute Gasteiger partial charge is 0.270 e. The van der Waals surface area contributed by atoms with Crippen molar-refractivity contribution >= 4 is 17.5 Å². The predicted octanol–water partition coefficient (Wildman–Crippen LogP) is 3.09. The molecule has 2 atom stereocenters. The maximum absolute atomic E-state index is 12.8. The summed E-state index contributed by atoms with van der Waals surface area (Å²) in [5, 5.41) is 0. The Morgan fingerprint density at radius 2 is 1.84 bits per heavy atom. The van der Waals surface area contributed by atoms with Gasteiger partial charge in [-0.25, -0.2) is 0 Å². The average molecular weight is 344 g/mol. The Morgan fingerprint density at radius 3 is 2.52 bits per heavy atom. The Labute approximate surface area is 149 Å². The number of fused-ring (bicyclic) bond motifs is 1. The molecule has 5 heteroatoms. The molecule has 2 aliphatic rings. The molecule has 2 unspecified atom stereocenters. The van der Waals surface area contributed by atoms with E-state index in [-0.39, 0.29) is 11.8 Å². The number of carbonyl (C=O) groups excluding carboxylic acids is 2. The normalized spacial score (nSPS) is 25.4. The highest BCUT2D eigenvalue weighted by Crippen LogP contribution is 2.37. The summed E-state index contributed by atoms with van der Waals surface area (Å²) in [5.74, 6) is 1.81. The largest absolute Gasteiger partial charge is 0.476 e. The number of nitrogens with zero attached hydrogens (tertiary/aromatic N) is 2. The van der Waals surface area contributed by atoms with Crippen molar-refractivity contribution in [1.29, 1.82) is 0 Å². The quantitative estimate of drug-likeness (QED) is 0.847. The van der Waals surface area contributed by atoms with Crippen molar-refractivity contribution in [3.63, 3.8) is 0 Å². The standard InChI is InChI=1S/C20H28N2O3/c1-14-11-15(2)13-21(12-14)18(23)9-10-22-16-7-5-6-8-17(16)25-20(3,4)19(22)24/h5-8,14-15H,9-13H2,1-4H3. The van der Waals surface area contributed by atoms with Crippen molar-refractivity contribution < 1.29 is 14.3 Å². The third-order valence-electron chi connectivity index (χ3n) is 5.05. The fourth-order valence-corrected chi connectivity index (χ4v) is 3.97. The molecule has 0 aromatic heterocycles. The number of hydrogen-bond donors (Lipinski definition) is 0.